The number of esters is 1. The Morgan fingerprint density at radius 3 is 2.53 bits per heavy atom. The Balaban J connectivity index is 1.59. The van der Waals surface area contributed by atoms with Crippen molar-refractivity contribution in [1.29, 1.82) is 0 Å². The van der Waals surface area contributed by atoms with Crippen molar-refractivity contribution in [2.24, 2.45) is 4.99 Å². The van der Waals surface area contributed by atoms with Gasteiger partial charge in [0.05, 0.1) is 12.1 Å². The van der Waals surface area contributed by atoms with E-state index in [2.05, 4.69) is 4.99 Å². The molecule has 0 saturated carbocycles. The van der Waals surface area contributed by atoms with Crippen molar-refractivity contribution in [2.75, 3.05) is 7.11 Å². The largest absolute Gasteiger partial charge is 0.493 e. The fraction of sp³-hybridized carbons (Fsp3) is 0.154. The van der Waals surface area contributed by atoms with Gasteiger partial charge in [0, 0.05) is 5.56 Å². The van der Waals surface area contributed by atoms with Crippen LogP contribution in [0.25, 0.3) is 6.08 Å². The van der Waals surface area contributed by atoms with Gasteiger partial charge in [-0.25, -0.2) is 9.79 Å². The standard InChI is InChI=1S/C26H22ClNO4/c1-16-8-10-19(11-9-16)25-28-22(26(29)32-25)13-18-12-21(27)24(23(14-18)30-3)31-15-20-7-5-4-6-17(20)2/h4-14H,15H2,1-3H3/b22-13-. The number of benzene rings is 3. The molecule has 3 aromatic carbocycles. The predicted molar refractivity (Wildman–Crippen MR) is 125 cm³/mol. The second kappa shape index (κ2) is 9.28. The average molecular weight is 448 g/mol. The van der Waals surface area contributed by atoms with E-state index in [1.54, 1.807) is 25.3 Å². The van der Waals surface area contributed by atoms with Crippen molar-refractivity contribution >= 4 is 29.5 Å². The highest BCUT2D eigenvalue weighted by molar-refractivity contribution is 6.32. The van der Waals surface area contributed by atoms with Crippen LogP contribution in [0.15, 0.2) is 71.4 Å². The van der Waals surface area contributed by atoms with Crippen LogP contribution in [0.1, 0.15) is 27.8 Å². The lowest BCUT2D eigenvalue weighted by Gasteiger charge is -2.14. The Morgan fingerprint density at radius 2 is 1.81 bits per heavy atom. The average Bonchev–Trinajstić information content (AvgIpc) is 3.14. The van der Waals surface area contributed by atoms with Gasteiger partial charge in [-0.3, -0.25) is 0 Å². The van der Waals surface area contributed by atoms with Gasteiger partial charge < -0.3 is 14.2 Å². The molecule has 0 aromatic heterocycles. The second-order valence-corrected chi connectivity index (χ2v) is 7.86. The first-order valence-electron chi connectivity index (χ1n) is 10.1. The lowest BCUT2D eigenvalue weighted by molar-refractivity contribution is -0.129. The minimum Gasteiger partial charge on any atom is -0.493 e. The van der Waals surface area contributed by atoms with E-state index in [0.717, 1.165) is 22.3 Å². The van der Waals surface area contributed by atoms with Crippen LogP contribution in [0.4, 0.5) is 0 Å². The highest BCUT2D eigenvalue weighted by Crippen LogP contribution is 2.38. The van der Waals surface area contributed by atoms with Crippen molar-refractivity contribution in [3.05, 3.63) is 99.2 Å². The summed E-state index contributed by atoms with van der Waals surface area (Å²) in [5, 5.41) is 0.374. The minimum atomic E-state index is -0.518. The Bertz CT molecular complexity index is 1230. The van der Waals surface area contributed by atoms with Gasteiger partial charge in [0.25, 0.3) is 0 Å². The number of nitrogens with zero attached hydrogens (tertiary/aromatic N) is 1. The summed E-state index contributed by atoms with van der Waals surface area (Å²) >= 11 is 6.49. The monoisotopic (exact) mass is 447 g/mol. The van der Waals surface area contributed by atoms with Gasteiger partial charge in [-0.1, -0.05) is 53.6 Å². The first-order valence-corrected chi connectivity index (χ1v) is 10.5. The third-order valence-corrected chi connectivity index (χ3v) is 5.39. The normalized spacial score (nSPS) is 14.3. The maximum absolute atomic E-state index is 12.3. The van der Waals surface area contributed by atoms with Gasteiger partial charge in [0.1, 0.15) is 6.61 Å². The number of rotatable bonds is 6. The molecule has 162 valence electrons. The van der Waals surface area contributed by atoms with Crippen LogP contribution in [-0.2, 0) is 16.1 Å². The zero-order chi connectivity index (χ0) is 22.7. The SMILES string of the molecule is COc1cc(/C=C2\N=C(c3ccc(C)cc3)OC2=O)cc(Cl)c1OCc1ccccc1C. The van der Waals surface area contributed by atoms with Gasteiger partial charge in [0.15, 0.2) is 17.2 Å². The Kier molecular flexibility index (Phi) is 6.28. The van der Waals surface area contributed by atoms with Crippen LogP contribution in [0.3, 0.4) is 0 Å². The molecule has 1 heterocycles. The van der Waals surface area contributed by atoms with E-state index in [1.807, 2.05) is 62.4 Å². The molecule has 0 saturated heterocycles. The van der Waals surface area contributed by atoms with E-state index in [-0.39, 0.29) is 11.6 Å². The summed E-state index contributed by atoms with van der Waals surface area (Å²) in [6, 6.07) is 19.0. The van der Waals surface area contributed by atoms with Crippen molar-refractivity contribution in [3.63, 3.8) is 0 Å². The smallest absolute Gasteiger partial charge is 0.363 e. The second-order valence-electron chi connectivity index (χ2n) is 7.45. The number of aryl methyl sites for hydroxylation is 2. The lowest BCUT2D eigenvalue weighted by atomic mass is 10.1. The number of hydrogen-bond acceptors (Lipinski definition) is 5. The summed E-state index contributed by atoms with van der Waals surface area (Å²) in [6.07, 6.45) is 1.61. The van der Waals surface area contributed by atoms with E-state index < -0.39 is 5.97 Å². The molecule has 0 N–H and O–H groups in total. The molecule has 6 heteroatoms. The molecule has 1 aliphatic heterocycles. The molecule has 0 atom stereocenters. The number of ether oxygens (including phenoxy) is 3. The molecule has 0 unspecified atom stereocenters. The van der Waals surface area contributed by atoms with Crippen LogP contribution < -0.4 is 9.47 Å². The third kappa shape index (κ3) is 4.68. The van der Waals surface area contributed by atoms with Crippen molar-refractivity contribution in [2.45, 2.75) is 20.5 Å². The van der Waals surface area contributed by atoms with Gasteiger partial charge in [-0.2, -0.15) is 0 Å². The van der Waals surface area contributed by atoms with Crippen LogP contribution in [-0.4, -0.2) is 19.0 Å². The lowest BCUT2D eigenvalue weighted by Crippen LogP contribution is -2.05. The van der Waals surface area contributed by atoms with Crippen LogP contribution in [0.2, 0.25) is 5.02 Å². The van der Waals surface area contributed by atoms with Crippen molar-refractivity contribution < 1.29 is 19.0 Å². The first-order chi connectivity index (χ1) is 15.4. The maximum Gasteiger partial charge on any atom is 0.363 e. The van der Waals surface area contributed by atoms with Crippen molar-refractivity contribution in [3.8, 4) is 11.5 Å². The number of carbonyl (C=O) groups excluding carboxylic acids is 1. The summed E-state index contributed by atoms with van der Waals surface area (Å²) < 4.78 is 16.8. The zero-order valence-electron chi connectivity index (χ0n) is 18.0. The number of halogens is 1. The van der Waals surface area contributed by atoms with Gasteiger partial charge in [-0.05, 0) is 60.9 Å². The fourth-order valence-electron chi connectivity index (χ4n) is 3.27. The summed E-state index contributed by atoms with van der Waals surface area (Å²) in [5.74, 6) is 0.664. The summed E-state index contributed by atoms with van der Waals surface area (Å²) in [6.45, 7) is 4.38. The molecule has 32 heavy (non-hydrogen) atoms. The van der Waals surface area contributed by atoms with E-state index in [1.165, 1.54) is 0 Å². The molecule has 0 radical (unpaired) electrons. The predicted octanol–water partition coefficient (Wildman–Crippen LogP) is 5.89. The molecule has 0 fully saturated rings. The topological polar surface area (TPSA) is 57.1 Å². The number of methoxy groups -OCH3 is 1. The number of hydrogen-bond donors (Lipinski definition) is 0. The molecule has 0 spiro atoms. The summed E-state index contributed by atoms with van der Waals surface area (Å²) in [4.78, 5) is 16.7. The fourth-order valence-corrected chi connectivity index (χ4v) is 3.55. The Morgan fingerprint density at radius 1 is 1.06 bits per heavy atom. The van der Waals surface area contributed by atoms with Crippen LogP contribution >= 0.6 is 11.6 Å². The molecule has 0 bridgehead atoms. The summed E-state index contributed by atoms with van der Waals surface area (Å²) in [7, 11) is 1.54. The third-order valence-electron chi connectivity index (χ3n) is 5.11. The molecule has 0 amide bonds. The molecular formula is C26H22ClNO4. The number of aliphatic imine (C=N–C) groups is 1. The quantitative estimate of drug-likeness (QED) is 0.349. The highest BCUT2D eigenvalue weighted by Gasteiger charge is 2.24. The Labute approximate surface area is 191 Å². The van der Waals surface area contributed by atoms with E-state index in [4.69, 9.17) is 25.8 Å². The van der Waals surface area contributed by atoms with E-state index in [0.29, 0.717) is 28.7 Å². The van der Waals surface area contributed by atoms with E-state index in [9.17, 15) is 4.79 Å². The molecule has 1 aliphatic rings. The van der Waals surface area contributed by atoms with Crippen LogP contribution in [0, 0.1) is 13.8 Å². The van der Waals surface area contributed by atoms with Crippen LogP contribution in [0.5, 0.6) is 11.5 Å². The molecule has 4 rings (SSSR count). The minimum absolute atomic E-state index is 0.187. The molecule has 5 nitrogen and oxygen atoms in total. The molecule has 0 aliphatic carbocycles. The zero-order valence-corrected chi connectivity index (χ0v) is 18.8. The van der Waals surface area contributed by atoms with Gasteiger partial charge >= 0.3 is 5.97 Å². The number of carbonyl (C=O) groups is 1. The van der Waals surface area contributed by atoms with E-state index >= 15 is 0 Å². The highest BCUT2D eigenvalue weighted by atomic mass is 35.5. The maximum atomic E-state index is 12.3. The first kappa shape index (κ1) is 21.7. The van der Waals surface area contributed by atoms with Gasteiger partial charge in [-0.15, -0.1) is 0 Å². The summed E-state index contributed by atoms with van der Waals surface area (Å²) in [5.41, 5.74) is 4.88. The number of cyclic esters (lactones) is 1. The van der Waals surface area contributed by atoms with Crippen molar-refractivity contribution in [1.82, 2.24) is 0 Å². The van der Waals surface area contributed by atoms with Gasteiger partial charge in [0.2, 0.25) is 5.90 Å². The molecule has 3 aromatic rings. The Hall–Kier alpha value is -3.57. The molecular weight excluding hydrogens is 426 g/mol.